The van der Waals surface area contributed by atoms with Gasteiger partial charge in [-0.25, -0.2) is 0 Å². The van der Waals surface area contributed by atoms with Crippen molar-refractivity contribution in [1.82, 2.24) is 15.1 Å². The Morgan fingerprint density at radius 1 is 1.05 bits per heavy atom. The van der Waals surface area contributed by atoms with Gasteiger partial charge < -0.3 is 10.2 Å². The summed E-state index contributed by atoms with van der Waals surface area (Å²) >= 11 is 0. The van der Waals surface area contributed by atoms with Gasteiger partial charge in [0.25, 0.3) is 0 Å². The number of hydrogen-bond donors (Lipinski definition) is 1. The number of hydrogen-bond acceptors (Lipinski definition) is 3. The first kappa shape index (κ1) is 17.2. The van der Waals surface area contributed by atoms with Gasteiger partial charge in [0, 0.05) is 18.6 Å². The molecule has 2 aliphatic heterocycles. The molecule has 0 amide bonds. The van der Waals surface area contributed by atoms with Crippen LogP contribution >= 0.6 is 0 Å². The van der Waals surface area contributed by atoms with E-state index in [1.165, 1.54) is 38.9 Å². The number of rotatable bonds is 6. The highest BCUT2D eigenvalue weighted by Gasteiger charge is 2.36. The van der Waals surface area contributed by atoms with Crippen LogP contribution in [0.15, 0.2) is 0 Å². The van der Waals surface area contributed by atoms with Gasteiger partial charge in [-0.1, -0.05) is 20.8 Å². The third-order valence-electron chi connectivity index (χ3n) is 5.80. The molecular formula is C18H37N3. The van der Waals surface area contributed by atoms with Crippen molar-refractivity contribution in [3.63, 3.8) is 0 Å². The van der Waals surface area contributed by atoms with Gasteiger partial charge in [-0.3, -0.25) is 4.90 Å². The molecule has 2 heterocycles. The normalized spacial score (nSPS) is 31.1. The topological polar surface area (TPSA) is 18.5 Å². The van der Waals surface area contributed by atoms with Crippen molar-refractivity contribution in [2.24, 2.45) is 17.8 Å². The summed E-state index contributed by atoms with van der Waals surface area (Å²) in [7, 11) is 2.33. The Balaban J connectivity index is 1.79. The number of nitrogens with zero attached hydrogens (tertiary/aromatic N) is 2. The number of likely N-dealkylation sites (tertiary alicyclic amines) is 2. The van der Waals surface area contributed by atoms with E-state index < -0.39 is 0 Å². The highest BCUT2D eigenvalue weighted by Crippen LogP contribution is 2.31. The highest BCUT2D eigenvalue weighted by molar-refractivity contribution is 4.91. The van der Waals surface area contributed by atoms with Gasteiger partial charge in [-0.2, -0.15) is 0 Å². The van der Waals surface area contributed by atoms with Crippen LogP contribution in [0, 0.1) is 17.8 Å². The van der Waals surface area contributed by atoms with E-state index in [0.29, 0.717) is 6.04 Å². The SMILES string of the molecule is CC(C)CNCC(C)C(C)N1CCC2C(CCCN2C)C1. The van der Waals surface area contributed by atoms with Gasteiger partial charge in [-0.05, 0) is 77.2 Å². The quantitative estimate of drug-likeness (QED) is 0.813. The molecule has 21 heavy (non-hydrogen) atoms. The molecule has 0 aromatic carbocycles. The van der Waals surface area contributed by atoms with Crippen LogP contribution in [0.1, 0.15) is 47.0 Å². The first-order valence-corrected chi connectivity index (χ1v) is 9.14. The zero-order valence-electron chi connectivity index (χ0n) is 14.9. The maximum atomic E-state index is 3.63. The first-order chi connectivity index (χ1) is 9.99. The lowest BCUT2D eigenvalue weighted by molar-refractivity contribution is 0.0131. The standard InChI is InChI=1S/C18H37N3/c1-14(2)11-19-12-15(3)16(4)21-10-8-18-17(13-21)7-6-9-20(18)5/h14-19H,6-13H2,1-5H3. The van der Waals surface area contributed by atoms with E-state index in [0.717, 1.165) is 36.9 Å². The molecule has 2 fully saturated rings. The van der Waals surface area contributed by atoms with E-state index in [-0.39, 0.29) is 0 Å². The molecule has 3 heteroatoms. The molecule has 0 aliphatic carbocycles. The molecule has 2 saturated heterocycles. The zero-order valence-corrected chi connectivity index (χ0v) is 14.9. The molecule has 0 aromatic rings. The van der Waals surface area contributed by atoms with E-state index in [9.17, 15) is 0 Å². The summed E-state index contributed by atoms with van der Waals surface area (Å²) in [5.41, 5.74) is 0. The summed E-state index contributed by atoms with van der Waals surface area (Å²) in [6.07, 6.45) is 4.21. The molecule has 0 bridgehead atoms. The Morgan fingerprint density at radius 2 is 1.81 bits per heavy atom. The molecule has 4 atom stereocenters. The summed E-state index contributed by atoms with van der Waals surface area (Å²) in [4.78, 5) is 5.38. The van der Waals surface area contributed by atoms with Gasteiger partial charge in [-0.15, -0.1) is 0 Å². The number of nitrogens with one attached hydrogen (secondary N) is 1. The van der Waals surface area contributed by atoms with Crippen LogP contribution in [0.25, 0.3) is 0 Å². The van der Waals surface area contributed by atoms with Crippen molar-refractivity contribution in [2.45, 2.75) is 59.0 Å². The first-order valence-electron chi connectivity index (χ1n) is 9.14. The highest BCUT2D eigenvalue weighted by atomic mass is 15.2. The Hall–Kier alpha value is -0.120. The molecule has 0 spiro atoms. The minimum atomic E-state index is 0.706. The van der Waals surface area contributed by atoms with E-state index >= 15 is 0 Å². The maximum absolute atomic E-state index is 3.63. The Labute approximate surface area is 132 Å². The van der Waals surface area contributed by atoms with E-state index in [2.05, 4.69) is 49.9 Å². The van der Waals surface area contributed by atoms with Crippen LogP contribution in [0.5, 0.6) is 0 Å². The van der Waals surface area contributed by atoms with Crippen molar-refractivity contribution >= 4 is 0 Å². The van der Waals surface area contributed by atoms with Crippen LogP contribution in [-0.2, 0) is 0 Å². The average molecular weight is 296 g/mol. The Morgan fingerprint density at radius 3 is 2.52 bits per heavy atom. The van der Waals surface area contributed by atoms with Crippen LogP contribution in [0.2, 0.25) is 0 Å². The van der Waals surface area contributed by atoms with Crippen molar-refractivity contribution in [1.29, 1.82) is 0 Å². The summed E-state index contributed by atoms with van der Waals surface area (Å²) in [5, 5.41) is 3.63. The Kier molecular flexibility index (Phi) is 6.51. The third-order valence-corrected chi connectivity index (χ3v) is 5.80. The lowest BCUT2D eigenvalue weighted by Gasteiger charge is -2.48. The molecule has 124 valence electrons. The van der Waals surface area contributed by atoms with Crippen molar-refractivity contribution in [3.05, 3.63) is 0 Å². The Bertz CT molecular complexity index is 305. The van der Waals surface area contributed by atoms with Crippen LogP contribution in [0.4, 0.5) is 0 Å². The summed E-state index contributed by atoms with van der Waals surface area (Å²) in [6.45, 7) is 15.6. The van der Waals surface area contributed by atoms with Gasteiger partial charge in [0.05, 0.1) is 0 Å². The third kappa shape index (κ3) is 4.67. The smallest absolute Gasteiger partial charge is 0.0145 e. The van der Waals surface area contributed by atoms with E-state index in [1.807, 2.05) is 0 Å². The second-order valence-corrected chi connectivity index (χ2v) is 8.00. The monoisotopic (exact) mass is 295 g/mol. The molecule has 4 unspecified atom stereocenters. The maximum Gasteiger partial charge on any atom is 0.0145 e. The largest absolute Gasteiger partial charge is 0.316 e. The predicted molar refractivity (Wildman–Crippen MR) is 91.7 cm³/mol. The molecule has 2 aliphatic rings. The van der Waals surface area contributed by atoms with Crippen molar-refractivity contribution in [2.75, 3.05) is 39.8 Å². The average Bonchev–Trinajstić information content (AvgIpc) is 2.46. The number of piperidine rings is 2. The van der Waals surface area contributed by atoms with E-state index in [4.69, 9.17) is 0 Å². The van der Waals surface area contributed by atoms with Gasteiger partial charge >= 0.3 is 0 Å². The summed E-state index contributed by atoms with van der Waals surface area (Å²) < 4.78 is 0. The van der Waals surface area contributed by atoms with E-state index in [1.54, 1.807) is 0 Å². The van der Waals surface area contributed by atoms with Crippen LogP contribution in [0.3, 0.4) is 0 Å². The molecule has 0 radical (unpaired) electrons. The second kappa shape index (κ2) is 7.94. The molecule has 0 aromatic heterocycles. The molecule has 0 saturated carbocycles. The van der Waals surface area contributed by atoms with Gasteiger partial charge in [0.1, 0.15) is 0 Å². The van der Waals surface area contributed by atoms with Crippen LogP contribution < -0.4 is 5.32 Å². The van der Waals surface area contributed by atoms with Crippen molar-refractivity contribution in [3.8, 4) is 0 Å². The minimum Gasteiger partial charge on any atom is -0.316 e. The fourth-order valence-electron chi connectivity index (χ4n) is 4.18. The lowest BCUT2D eigenvalue weighted by Crippen LogP contribution is -2.55. The summed E-state index contributed by atoms with van der Waals surface area (Å²) in [6, 6.07) is 1.56. The number of fused-ring (bicyclic) bond motifs is 1. The fraction of sp³-hybridized carbons (Fsp3) is 1.00. The van der Waals surface area contributed by atoms with Crippen LogP contribution in [-0.4, -0.2) is 61.7 Å². The molecule has 3 nitrogen and oxygen atoms in total. The van der Waals surface area contributed by atoms with Crippen molar-refractivity contribution < 1.29 is 0 Å². The fourth-order valence-corrected chi connectivity index (χ4v) is 4.18. The summed E-state index contributed by atoms with van der Waals surface area (Å²) in [5.74, 6) is 2.40. The second-order valence-electron chi connectivity index (χ2n) is 8.00. The molecular weight excluding hydrogens is 258 g/mol. The van der Waals surface area contributed by atoms with Gasteiger partial charge in [0.2, 0.25) is 0 Å². The molecule has 2 rings (SSSR count). The predicted octanol–water partition coefficient (Wildman–Crippen LogP) is 2.67. The molecule has 1 N–H and O–H groups in total. The minimum absolute atomic E-state index is 0.706. The zero-order chi connectivity index (χ0) is 15.4. The van der Waals surface area contributed by atoms with Gasteiger partial charge in [0.15, 0.2) is 0 Å². The lowest BCUT2D eigenvalue weighted by atomic mass is 9.83.